The van der Waals surface area contributed by atoms with Crippen molar-refractivity contribution in [3.05, 3.63) is 54.2 Å². The predicted molar refractivity (Wildman–Crippen MR) is 82.3 cm³/mol. The van der Waals surface area contributed by atoms with Crippen molar-refractivity contribution in [2.75, 3.05) is 6.26 Å². The number of nitrogens with zero attached hydrogens (tertiary/aromatic N) is 2. The van der Waals surface area contributed by atoms with Crippen LogP contribution in [0.4, 0.5) is 13.2 Å². The van der Waals surface area contributed by atoms with Gasteiger partial charge >= 0.3 is 11.3 Å². The SMILES string of the molecule is C[S+]([O-])c1nc(-c2cccc3ccccc23)cc(C(F)(F)F)n1. The van der Waals surface area contributed by atoms with Gasteiger partial charge in [-0.2, -0.15) is 23.1 Å². The Labute approximate surface area is 133 Å². The summed E-state index contributed by atoms with van der Waals surface area (Å²) in [4.78, 5) is 7.43. The highest BCUT2D eigenvalue weighted by Gasteiger charge is 2.35. The second kappa shape index (κ2) is 5.82. The Morgan fingerprint density at radius 1 is 1.00 bits per heavy atom. The quantitative estimate of drug-likeness (QED) is 0.524. The maximum absolute atomic E-state index is 13.1. The van der Waals surface area contributed by atoms with Gasteiger partial charge < -0.3 is 4.55 Å². The van der Waals surface area contributed by atoms with Crippen molar-refractivity contribution < 1.29 is 17.7 Å². The van der Waals surface area contributed by atoms with E-state index in [2.05, 4.69) is 9.97 Å². The van der Waals surface area contributed by atoms with E-state index in [1.54, 1.807) is 18.2 Å². The fourth-order valence-electron chi connectivity index (χ4n) is 2.29. The summed E-state index contributed by atoms with van der Waals surface area (Å²) in [5.41, 5.74) is -0.447. The number of alkyl halides is 3. The highest BCUT2D eigenvalue weighted by atomic mass is 32.2. The molecule has 3 rings (SSSR count). The second-order valence-corrected chi connectivity index (χ2v) is 6.17. The average Bonchev–Trinajstić information content (AvgIpc) is 2.53. The molecule has 0 saturated heterocycles. The fraction of sp³-hybridized carbons (Fsp3) is 0.125. The van der Waals surface area contributed by atoms with Crippen molar-refractivity contribution in [3.8, 4) is 11.3 Å². The molecule has 0 N–H and O–H groups in total. The highest BCUT2D eigenvalue weighted by molar-refractivity contribution is 7.90. The van der Waals surface area contributed by atoms with E-state index >= 15 is 0 Å². The Morgan fingerprint density at radius 2 is 1.70 bits per heavy atom. The zero-order valence-electron chi connectivity index (χ0n) is 12.0. The molecule has 1 unspecified atom stereocenters. The molecule has 1 aromatic heterocycles. The number of hydrogen-bond donors (Lipinski definition) is 0. The maximum atomic E-state index is 13.1. The molecular weight excluding hydrogens is 325 g/mol. The smallest absolute Gasteiger partial charge is 0.433 e. The monoisotopic (exact) mass is 336 g/mol. The van der Waals surface area contributed by atoms with E-state index in [9.17, 15) is 17.7 Å². The normalized spacial score (nSPS) is 13.3. The largest absolute Gasteiger partial charge is 0.609 e. The molecule has 1 atom stereocenters. The van der Waals surface area contributed by atoms with E-state index in [1.165, 1.54) is 6.26 Å². The van der Waals surface area contributed by atoms with Crippen molar-refractivity contribution in [1.29, 1.82) is 0 Å². The van der Waals surface area contributed by atoms with Crippen LogP contribution in [0.5, 0.6) is 0 Å². The lowest BCUT2D eigenvalue weighted by Crippen LogP contribution is -2.14. The number of benzene rings is 2. The molecule has 0 fully saturated rings. The number of fused-ring (bicyclic) bond motifs is 1. The molecule has 0 saturated carbocycles. The van der Waals surface area contributed by atoms with Crippen molar-refractivity contribution in [1.82, 2.24) is 9.97 Å². The van der Waals surface area contributed by atoms with Gasteiger partial charge in [-0.25, -0.2) is 0 Å². The van der Waals surface area contributed by atoms with Gasteiger partial charge in [0, 0.05) is 16.7 Å². The molecule has 118 valence electrons. The third-order valence-electron chi connectivity index (χ3n) is 3.32. The van der Waals surface area contributed by atoms with Crippen LogP contribution >= 0.6 is 0 Å². The average molecular weight is 336 g/mol. The molecule has 0 spiro atoms. The molecule has 7 heteroatoms. The molecule has 3 nitrogen and oxygen atoms in total. The first-order valence-electron chi connectivity index (χ1n) is 6.64. The van der Waals surface area contributed by atoms with Crippen molar-refractivity contribution in [2.24, 2.45) is 0 Å². The van der Waals surface area contributed by atoms with Gasteiger partial charge in [-0.3, -0.25) is 0 Å². The van der Waals surface area contributed by atoms with Crippen LogP contribution in [0.3, 0.4) is 0 Å². The molecule has 23 heavy (non-hydrogen) atoms. The first-order chi connectivity index (χ1) is 10.9. The minimum absolute atomic E-state index is 0.106. The van der Waals surface area contributed by atoms with E-state index in [-0.39, 0.29) is 10.9 Å². The van der Waals surface area contributed by atoms with E-state index in [4.69, 9.17) is 0 Å². The summed E-state index contributed by atoms with van der Waals surface area (Å²) in [7, 11) is 0. The summed E-state index contributed by atoms with van der Waals surface area (Å²) in [6, 6.07) is 13.5. The molecule has 3 aromatic rings. The van der Waals surface area contributed by atoms with Crippen LogP contribution in [0.25, 0.3) is 22.0 Å². The zero-order valence-corrected chi connectivity index (χ0v) is 12.8. The Bertz CT molecular complexity index is 860. The van der Waals surface area contributed by atoms with E-state index in [0.29, 0.717) is 5.56 Å². The van der Waals surface area contributed by atoms with Crippen LogP contribution in [-0.4, -0.2) is 20.8 Å². The molecule has 0 aliphatic heterocycles. The number of hydrogen-bond acceptors (Lipinski definition) is 3. The van der Waals surface area contributed by atoms with Gasteiger partial charge in [0.25, 0.3) is 0 Å². The molecular formula is C16H11F3N2OS. The van der Waals surface area contributed by atoms with Crippen molar-refractivity contribution in [3.63, 3.8) is 0 Å². The summed E-state index contributed by atoms with van der Waals surface area (Å²) in [5, 5.41) is 1.33. The standard InChI is InChI=1S/C16H11F3N2OS/c1-23(22)15-20-13(9-14(21-15)16(17,18)19)12-8-4-6-10-5-2-3-7-11(10)12/h2-9H,1H3. The summed E-state index contributed by atoms with van der Waals surface area (Å²) < 4.78 is 50.7. The minimum atomic E-state index is -4.63. The van der Waals surface area contributed by atoms with Gasteiger partial charge in [-0.15, -0.1) is 0 Å². The van der Waals surface area contributed by atoms with Crippen molar-refractivity contribution in [2.45, 2.75) is 11.3 Å². The lowest BCUT2D eigenvalue weighted by atomic mass is 10.0. The van der Waals surface area contributed by atoms with Crippen LogP contribution in [-0.2, 0) is 17.4 Å². The molecule has 0 amide bonds. The van der Waals surface area contributed by atoms with Crippen LogP contribution in [0.1, 0.15) is 5.69 Å². The van der Waals surface area contributed by atoms with Gasteiger partial charge in [0.1, 0.15) is 6.26 Å². The predicted octanol–water partition coefficient (Wildman–Crippen LogP) is 4.05. The highest BCUT2D eigenvalue weighted by Crippen LogP contribution is 2.33. The van der Waals surface area contributed by atoms with Gasteiger partial charge in [-0.1, -0.05) is 42.5 Å². The zero-order chi connectivity index (χ0) is 16.6. The number of halogens is 3. The third-order valence-corrected chi connectivity index (χ3v) is 4.02. The van der Waals surface area contributed by atoms with Crippen LogP contribution in [0.15, 0.2) is 53.7 Å². The van der Waals surface area contributed by atoms with E-state index < -0.39 is 23.0 Å². The fourth-order valence-corrected chi connectivity index (χ4v) is 2.74. The molecule has 1 heterocycles. The van der Waals surface area contributed by atoms with Gasteiger partial charge in [0.15, 0.2) is 5.69 Å². The molecule has 0 aliphatic rings. The second-order valence-electron chi connectivity index (χ2n) is 4.90. The Balaban J connectivity index is 2.28. The van der Waals surface area contributed by atoms with Crippen molar-refractivity contribution >= 4 is 21.9 Å². The summed E-state index contributed by atoms with van der Waals surface area (Å²) in [5.74, 6) is 0. The maximum Gasteiger partial charge on any atom is 0.433 e. The first-order valence-corrected chi connectivity index (χ1v) is 8.20. The van der Waals surface area contributed by atoms with E-state index in [1.807, 2.05) is 24.3 Å². The lowest BCUT2D eigenvalue weighted by Gasteiger charge is -2.12. The Hall–Kier alpha value is -2.12. The molecule has 0 bridgehead atoms. The van der Waals surface area contributed by atoms with Crippen LogP contribution < -0.4 is 0 Å². The lowest BCUT2D eigenvalue weighted by molar-refractivity contribution is -0.141. The van der Waals surface area contributed by atoms with Crippen LogP contribution in [0.2, 0.25) is 0 Å². The first kappa shape index (κ1) is 15.8. The molecule has 0 aliphatic carbocycles. The van der Waals surface area contributed by atoms with Gasteiger partial charge in [0.05, 0.1) is 5.69 Å². The number of rotatable bonds is 2. The summed E-state index contributed by atoms with van der Waals surface area (Å²) >= 11 is -1.71. The Kier molecular flexibility index (Phi) is 3.99. The minimum Gasteiger partial charge on any atom is -0.609 e. The molecule has 0 radical (unpaired) electrons. The van der Waals surface area contributed by atoms with Gasteiger partial charge in [0.2, 0.25) is 0 Å². The van der Waals surface area contributed by atoms with E-state index in [0.717, 1.165) is 16.8 Å². The van der Waals surface area contributed by atoms with Gasteiger partial charge in [-0.05, 0) is 16.8 Å². The van der Waals surface area contributed by atoms with Crippen LogP contribution in [0, 0.1) is 0 Å². The molecule has 2 aromatic carbocycles. The topological polar surface area (TPSA) is 48.8 Å². The summed E-state index contributed by atoms with van der Waals surface area (Å²) in [6.45, 7) is 0. The summed E-state index contributed by atoms with van der Waals surface area (Å²) in [6.07, 6.45) is -3.38. The third kappa shape index (κ3) is 3.16. The number of aromatic nitrogens is 2. The Morgan fingerprint density at radius 3 is 2.39 bits per heavy atom.